The van der Waals surface area contributed by atoms with Crippen molar-refractivity contribution in [3.8, 4) is 11.1 Å². The summed E-state index contributed by atoms with van der Waals surface area (Å²) >= 11 is 4.89. The molecule has 0 aromatic heterocycles. The minimum absolute atomic E-state index is 0.248. The van der Waals surface area contributed by atoms with Gasteiger partial charge in [-0.15, -0.1) is 0 Å². The Bertz CT molecular complexity index is 537. The van der Waals surface area contributed by atoms with Crippen LogP contribution in [0.4, 0.5) is 4.39 Å². The summed E-state index contributed by atoms with van der Waals surface area (Å²) in [6.07, 6.45) is 0. The molecule has 2 aromatic rings. The zero-order valence-electron chi connectivity index (χ0n) is 8.48. The summed E-state index contributed by atoms with van der Waals surface area (Å²) < 4.78 is 13.5. The van der Waals surface area contributed by atoms with Crippen molar-refractivity contribution in [2.45, 2.75) is 0 Å². The fraction of sp³-hybridized carbons (Fsp3) is 0. The maximum atomic E-state index is 13.5. The maximum Gasteiger partial charge on any atom is 0.131 e. The number of thiocarbonyl (C=S) groups is 1. The molecule has 16 heavy (non-hydrogen) atoms. The molecule has 1 nitrogen and oxygen atoms in total. The van der Waals surface area contributed by atoms with Gasteiger partial charge in [0.25, 0.3) is 0 Å². The van der Waals surface area contributed by atoms with Crippen molar-refractivity contribution >= 4 is 17.2 Å². The van der Waals surface area contributed by atoms with E-state index in [-0.39, 0.29) is 5.82 Å². The summed E-state index contributed by atoms with van der Waals surface area (Å²) in [5, 5.41) is 0. The van der Waals surface area contributed by atoms with E-state index >= 15 is 0 Å². The Hall–Kier alpha value is -1.74. The Morgan fingerprint density at radius 1 is 1.06 bits per heavy atom. The van der Waals surface area contributed by atoms with Crippen molar-refractivity contribution in [3.63, 3.8) is 0 Å². The van der Waals surface area contributed by atoms with Crippen molar-refractivity contribution in [1.82, 2.24) is 0 Å². The Kier molecular flexibility index (Phi) is 2.97. The summed E-state index contributed by atoms with van der Waals surface area (Å²) in [5.74, 6) is -0.248. The summed E-state index contributed by atoms with van der Waals surface area (Å²) in [4.78, 5) is 0.318. The highest BCUT2D eigenvalue weighted by atomic mass is 32.1. The normalized spacial score (nSPS) is 10.1. The van der Waals surface area contributed by atoms with Crippen molar-refractivity contribution in [1.29, 1.82) is 0 Å². The van der Waals surface area contributed by atoms with Gasteiger partial charge in [0.1, 0.15) is 10.8 Å². The lowest BCUT2D eigenvalue weighted by molar-refractivity contribution is 0.631. The van der Waals surface area contributed by atoms with Crippen LogP contribution in [0.3, 0.4) is 0 Å². The molecule has 2 rings (SSSR count). The standard InChI is InChI=1S/C13H10FNS/c14-12-7-2-1-6-11(12)9-4-3-5-10(8-9)13(15)16/h1-8H,(H2,15,16). The van der Waals surface area contributed by atoms with Gasteiger partial charge in [0.15, 0.2) is 0 Å². The first kappa shape index (κ1) is 10.8. The van der Waals surface area contributed by atoms with Crippen LogP contribution in [0.15, 0.2) is 48.5 Å². The van der Waals surface area contributed by atoms with E-state index in [1.807, 2.05) is 18.2 Å². The zero-order chi connectivity index (χ0) is 11.5. The predicted molar refractivity (Wildman–Crippen MR) is 67.7 cm³/mol. The highest BCUT2D eigenvalue weighted by molar-refractivity contribution is 7.80. The molecule has 0 saturated carbocycles. The summed E-state index contributed by atoms with van der Waals surface area (Å²) in [5.41, 5.74) is 7.62. The lowest BCUT2D eigenvalue weighted by Gasteiger charge is -2.05. The molecule has 0 fully saturated rings. The first-order valence-electron chi connectivity index (χ1n) is 4.83. The van der Waals surface area contributed by atoms with Crippen LogP contribution in [0.1, 0.15) is 5.56 Å². The second-order valence-corrected chi connectivity index (χ2v) is 3.86. The van der Waals surface area contributed by atoms with Crippen LogP contribution in [-0.4, -0.2) is 4.99 Å². The van der Waals surface area contributed by atoms with Crippen molar-refractivity contribution < 1.29 is 4.39 Å². The van der Waals surface area contributed by atoms with Crippen molar-refractivity contribution in [3.05, 3.63) is 59.9 Å². The highest BCUT2D eigenvalue weighted by Crippen LogP contribution is 2.23. The minimum atomic E-state index is -0.248. The summed E-state index contributed by atoms with van der Waals surface area (Å²) in [6, 6.07) is 13.9. The Morgan fingerprint density at radius 2 is 1.81 bits per heavy atom. The molecule has 0 unspecified atom stereocenters. The Morgan fingerprint density at radius 3 is 2.50 bits per heavy atom. The van der Waals surface area contributed by atoms with E-state index in [1.54, 1.807) is 24.3 Å². The molecule has 0 aliphatic heterocycles. The van der Waals surface area contributed by atoms with Crippen molar-refractivity contribution in [2.75, 3.05) is 0 Å². The fourth-order valence-corrected chi connectivity index (χ4v) is 1.66. The van der Waals surface area contributed by atoms with Gasteiger partial charge in [0.2, 0.25) is 0 Å². The van der Waals surface area contributed by atoms with Gasteiger partial charge in [-0.2, -0.15) is 0 Å². The molecule has 3 heteroatoms. The van der Waals surface area contributed by atoms with E-state index in [9.17, 15) is 4.39 Å². The number of nitrogens with two attached hydrogens (primary N) is 1. The number of halogens is 1. The number of hydrogen-bond donors (Lipinski definition) is 1. The third kappa shape index (κ3) is 2.09. The van der Waals surface area contributed by atoms with E-state index in [0.29, 0.717) is 10.6 Å². The van der Waals surface area contributed by atoms with Crippen LogP contribution in [0.25, 0.3) is 11.1 Å². The first-order chi connectivity index (χ1) is 7.68. The van der Waals surface area contributed by atoms with E-state index in [0.717, 1.165) is 11.1 Å². The van der Waals surface area contributed by atoms with E-state index in [2.05, 4.69) is 0 Å². The maximum absolute atomic E-state index is 13.5. The average Bonchev–Trinajstić information content (AvgIpc) is 2.30. The van der Waals surface area contributed by atoms with E-state index in [1.165, 1.54) is 6.07 Å². The van der Waals surface area contributed by atoms with Gasteiger partial charge < -0.3 is 5.73 Å². The van der Waals surface area contributed by atoms with Gasteiger partial charge in [-0.25, -0.2) is 4.39 Å². The topological polar surface area (TPSA) is 26.0 Å². The van der Waals surface area contributed by atoms with E-state index < -0.39 is 0 Å². The lowest BCUT2D eigenvalue weighted by Crippen LogP contribution is -2.08. The first-order valence-corrected chi connectivity index (χ1v) is 5.24. The second kappa shape index (κ2) is 4.41. The van der Waals surface area contributed by atoms with Gasteiger partial charge in [-0.1, -0.05) is 48.6 Å². The van der Waals surface area contributed by atoms with Crippen molar-refractivity contribution in [2.24, 2.45) is 5.73 Å². The minimum Gasteiger partial charge on any atom is -0.389 e. The fourth-order valence-electron chi connectivity index (χ4n) is 1.54. The molecule has 80 valence electrons. The molecule has 2 N–H and O–H groups in total. The second-order valence-electron chi connectivity index (χ2n) is 3.42. The quantitative estimate of drug-likeness (QED) is 0.804. The Labute approximate surface area is 98.7 Å². The number of benzene rings is 2. The van der Waals surface area contributed by atoms with Crippen LogP contribution in [0.5, 0.6) is 0 Å². The van der Waals surface area contributed by atoms with Gasteiger partial charge in [0.05, 0.1) is 0 Å². The molecular formula is C13H10FNS. The molecule has 0 radical (unpaired) electrons. The van der Waals surface area contributed by atoms with Gasteiger partial charge in [0, 0.05) is 11.1 Å². The van der Waals surface area contributed by atoms with Gasteiger partial charge >= 0.3 is 0 Å². The molecule has 0 atom stereocenters. The van der Waals surface area contributed by atoms with Crippen LogP contribution in [-0.2, 0) is 0 Å². The smallest absolute Gasteiger partial charge is 0.131 e. The third-order valence-electron chi connectivity index (χ3n) is 2.33. The average molecular weight is 231 g/mol. The van der Waals surface area contributed by atoms with Crippen LogP contribution in [0, 0.1) is 5.82 Å². The SMILES string of the molecule is NC(=S)c1cccc(-c2ccccc2F)c1. The predicted octanol–water partition coefficient (Wildman–Crippen LogP) is 3.13. The molecule has 0 aliphatic rings. The molecule has 2 aromatic carbocycles. The lowest BCUT2D eigenvalue weighted by atomic mass is 10.0. The molecule has 0 amide bonds. The van der Waals surface area contributed by atoms with Gasteiger partial charge in [-0.05, 0) is 17.7 Å². The highest BCUT2D eigenvalue weighted by Gasteiger charge is 2.05. The molecule has 0 saturated heterocycles. The summed E-state index contributed by atoms with van der Waals surface area (Å²) in [7, 11) is 0. The monoisotopic (exact) mass is 231 g/mol. The largest absolute Gasteiger partial charge is 0.389 e. The van der Waals surface area contributed by atoms with Crippen LogP contribution < -0.4 is 5.73 Å². The molecule has 0 heterocycles. The zero-order valence-corrected chi connectivity index (χ0v) is 9.30. The Balaban J connectivity index is 2.53. The number of rotatable bonds is 2. The van der Waals surface area contributed by atoms with E-state index in [4.69, 9.17) is 18.0 Å². The third-order valence-corrected chi connectivity index (χ3v) is 2.57. The molecule has 0 aliphatic carbocycles. The summed E-state index contributed by atoms with van der Waals surface area (Å²) in [6.45, 7) is 0. The molecular weight excluding hydrogens is 221 g/mol. The van der Waals surface area contributed by atoms with Gasteiger partial charge in [-0.3, -0.25) is 0 Å². The van der Waals surface area contributed by atoms with Crippen LogP contribution >= 0.6 is 12.2 Å². The molecule has 0 bridgehead atoms. The van der Waals surface area contributed by atoms with Crippen LogP contribution in [0.2, 0.25) is 0 Å². The molecule has 0 spiro atoms. The number of hydrogen-bond acceptors (Lipinski definition) is 1.